The van der Waals surface area contributed by atoms with Crippen LogP contribution < -0.4 is 15.2 Å². The Bertz CT molecular complexity index is 1040. The first-order valence-electron chi connectivity index (χ1n) is 9.59. The van der Waals surface area contributed by atoms with E-state index in [9.17, 15) is 4.79 Å². The SMILES string of the molecule is Cc1ccc(Oc2ccc(C(=O)c3ccc(Oc4ccc(N)cc4)cc3)cc2)cc1. The Hall–Kier alpha value is -4.05. The fraction of sp³-hybridized carbons (Fsp3) is 0.0385. The number of carbonyl (C=O) groups excluding carboxylic acids is 1. The van der Waals surface area contributed by atoms with Gasteiger partial charge in [0, 0.05) is 16.8 Å². The van der Waals surface area contributed by atoms with Crippen molar-refractivity contribution in [3.05, 3.63) is 114 Å². The number of aryl methyl sites for hydroxylation is 1. The molecular weight excluding hydrogens is 374 g/mol. The molecule has 0 aliphatic rings. The van der Waals surface area contributed by atoms with Gasteiger partial charge >= 0.3 is 0 Å². The number of ether oxygens (including phenoxy) is 2. The Balaban J connectivity index is 1.42. The normalized spacial score (nSPS) is 10.4. The van der Waals surface area contributed by atoms with Gasteiger partial charge in [0.15, 0.2) is 5.78 Å². The molecule has 0 atom stereocenters. The van der Waals surface area contributed by atoms with Crippen LogP contribution >= 0.6 is 0 Å². The van der Waals surface area contributed by atoms with Gasteiger partial charge in [-0.1, -0.05) is 17.7 Å². The zero-order valence-corrected chi connectivity index (χ0v) is 16.5. The summed E-state index contributed by atoms with van der Waals surface area (Å²) >= 11 is 0. The van der Waals surface area contributed by atoms with Crippen molar-refractivity contribution in [2.75, 3.05) is 5.73 Å². The van der Waals surface area contributed by atoms with Gasteiger partial charge in [-0.2, -0.15) is 0 Å². The van der Waals surface area contributed by atoms with Crippen LogP contribution in [0.1, 0.15) is 21.5 Å². The number of benzene rings is 4. The lowest BCUT2D eigenvalue weighted by atomic mass is 10.0. The van der Waals surface area contributed by atoms with Gasteiger partial charge < -0.3 is 15.2 Å². The van der Waals surface area contributed by atoms with Crippen LogP contribution in [0.2, 0.25) is 0 Å². The van der Waals surface area contributed by atoms with E-state index < -0.39 is 0 Å². The molecule has 0 fully saturated rings. The molecule has 0 unspecified atom stereocenters. The molecule has 4 nitrogen and oxygen atoms in total. The van der Waals surface area contributed by atoms with Crippen molar-refractivity contribution in [3.8, 4) is 23.0 Å². The van der Waals surface area contributed by atoms with Gasteiger partial charge in [-0.3, -0.25) is 4.79 Å². The number of ketones is 1. The highest BCUT2D eigenvalue weighted by Crippen LogP contribution is 2.25. The Morgan fingerprint density at radius 1 is 0.567 bits per heavy atom. The van der Waals surface area contributed by atoms with Crippen LogP contribution in [0.15, 0.2) is 97.1 Å². The molecule has 0 bridgehead atoms. The fourth-order valence-corrected chi connectivity index (χ4v) is 2.93. The van der Waals surface area contributed by atoms with E-state index in [0.717, 1.165) is 5.75 Å². The minimum Gasteiger partial charge on any atom is -0.457 e. The maximum Gasteiger partial charge on any atom is 0.193 e. The van der Waals surface area contributed by atoms with Crippen LogP contribution in [0.25, 0.3) is 0 Å². The van der Waals surface area contributed by atoms with Crippen LogP contribution in [-0.2, 0) is 0 Å². The number of nitrogens with two attached hydrogens (primary N) is 1. The first kappa shape index (κ1) is 19.3. The number of hydrogen-bond acceptors (Lipinski definition) is 4. The minimum absolute atomic E-state index is 0.0593. The molecule has 0 heterocycles. The first-order chi connectivity index (χ1) is 14.6. The molecule has 0 spiro atoms. The summed E-state index contributed by atoms with van der Waals surface area (Å²) in [5, 5.41) is 0. The standard InChI is InChI=1S/C26H21NO3/c1-18-2-10-22(11-3-18)29-23-12-4-19(5-13-23)26(28)20-6-14-24(15-7-20)30-25-16-8-21(27)9-17-25/h2-17H,27H2,1H3. The quantitative estimate of drug-likeness (QED) is 0.303. The smallest absolute Gasteiger partial charge is 0.193 e. The summed E-state index contributed by atoms with van der Waals surface area (Å²) < 4.78 is 11.6. The highest BCUT2D eigenvalue weighted by Gasteiger charge is 2.10. The first-order valence-corrected chi connectivity index (χ1v) is 9.59. The number of carbonyl (C=O) groups is 1. The van der Waals surface area contributed by atoms with Crippen LogP contribution in [0.5, 0.6) is 23.0 Å². The summed E-state index contributed by atoms with van der Waals surface area (Å²) in [6.07, 6.45) is 0. The maximum atomic E-state index is 12.8. The van der Waals surface area contributed by atoms with Gasteiger partial charge in [-0.15, -0.1) is 0 Å². The highest BCUT2D eigenvalue weighted by atomic mass is 16.5. The molecule has 2 N–H and O–H groups in total. The maximum absolute atomic E-state index is 12.8. The summed E-state index contributed by atoms with van der Waals surface area (Å²) in [6.45, 7) is 2.03. The Kier molecular flexibility index (Phi) is 5.48. The molecule has 0 saturated carbocycles. The average Bonchev–Trinajstić information content (AvgIpc) is 2.77. The van der Waals surface area contributed by atoms with Crippen molar-refractivity contribution in [2.45, 2.75) is 6.92 Å². The zero-order valence-electron chi connectivity index (χ0n) is 16.5. The lowest BCUT2D eigenvalue weighted by molar-refractivity contribution is 0.103. The van der Waals surface area contributed by atoms with Crippen molar-refractivity contribution in [1.82, 2.24) is 0 Å². The van der Waals surface area contributed by atoms with Crippen molar-refractivity contribution < 1.29 is 14.3 Å². The summed E-state index contributed by atoms with van der Waals surface area (Å²) in [5.41, 5.74) is 8.72. The number of anilines is 1. The molecular formula is C26H21NO3. The lowest BCUT2D eigenvalue weighted by Gasteiger charge is -2.08. The second-order valence-corrected chi connectivity index (χ2v) is 6.96. The average molecular weight is 395 g/mol. The lowest BCUT2D eigenvalue weighted by Crippen LogP contribution is -2.01. The summed E-state index contributed by atoms with van der Waals surface area (Å²) in [4.78, 5) is 12.8. The molecule has 30 heavy (non-hydrogen) atoms. The third-order valence-electron chi connectivity index (χ3n) is 4.61. The van der Waals surface area contributed by atoms with E-state index >= 15 is 0 Å². The predicted molar refractivity (Wildman–Crippen MR) is 118 cm³/mol. The van der Waals surface area contributed by atoms with Gasteiger partial charge in [-0.25, -0.2) is 0 Å². The van der Waals surface area contributed by atoms with Crippen molar-refractivity contribution in [3.63, 3.8) is 0 Å². The summed E-state index contributed by atoms with van der Waals surface area (Å²) in [5.74, 6) is 2.72. The van der Waals surface area contributed by atoms with Crippen molar-refractivity contribution in [2.24, 2.45) is 0 Å². The Labute approximate surface area is 175 Å². The van der Waals surface area contributed by atoms with Crippen LogP contribution in [0.4, 0.5) is 5.69 Å². The molecule has 0 aliphatic carbocycles. The van der Waals surface area contributed by atoms with E-state index in [4.69, 9.17) is 15.2 Å². The second kappa shape index (κ2) is 8.53. The number of rotatable bonds is 6. The largest absolute Gasteiger partial charge is 0.457 e. The molecule has 4 aromatic rings. The van der Waals surface area contributed by atoms with Crippen molar-refractivity contribution >= 4 is 11.5 Å². The molecule has 0 saturated heterocycles. The fourth-order valence-electron chi connectivity index (χ4n) is 2.93. The van der Waals surface area contributed by atoms with Gasteiger partial charge in [0.2, 0.25) is 0 Å². The molecule has 0 amide bonds. The van der Waals surface area contributed by atoms with Gasteiger partial charge in [0.1, 0.15) is 23.0 Å². The van der Waals surface area contributed by atoms with Crippen LogP contribution in [0.3, 0.4) is 0 Å². The second-order valence-electron chi connectivity index (χ2n) is 6.96. The topological polar surface area (TPSA) is 61.5 Å². The molecule has 148 valence electrons. The number of nitrogen functional groups attached to an aromatic ring is 1. The number of hydrogen-bond donors (Lipinski definition) is 1. The third kappa shape index (κ3) is 4.67. The van der Waals surface area contributed by atoms with E-state index in [1.165, 1.54) is 5.56 Å². The molecule has 0 aliphatic heterocycles. The highest BCUT2D eigenvalue weighted by molar-refractivity contribution is 6.09. The summed E-state index contributed by atoms with van der Waals surface area (Å²) in [6, 6.07) is 29.2. The molecule has 4 aromatic carbocycles. The van der Waals surface area contributed by atoms with Gasteiger partial charge in [-0.05, 0) is 91.9 Å². The molecule has 0 radical (unpaired) electrons. The minimum atomic E-state index is -0.0593. The summed E-state index contributed by atoms with van der Waals surface area (Å²) in [7, 11) is 0. The molecule has 4 heteroatoms. The van der Waals surface area contributed by atoms with Crippen LogP contribution in [-0.4, -0.2) is 5.78 Å². The zero-order chi connectivity index (χ0) is 20.9. The van der Waals surface area contributed by atoms with E-state index in [0.29, 0.717) is 34.1 Å². The Morgan fingerprint density at radius 3 is 1.30 bits per heavy atom. The van der Waals surface area contributed by atoms with Gasteiger partial charge in [0.25, 0.3) is 0 Å². The van der Waals surface area contributed by atoms with Crippen molar-refractivity contribution in [1.29, 1.82) is 0 Å². The van der Waals surface area contributed by atoms with E-state index in [1.54, 1.807) is 72.8 Å². The molecule has 0 aromatic heterocycles. The van der Waals surface area contributed by atoms with Gasteiger partial charge in [0.05, 0.1) is 0 Å². The van der Waals surface area contributed by atoms with E-state index in [-0.39, 0.29) is 5.78 Å². The van der Waals surface area contributed by atoms with Crippen LogP contribution in [0, 0.1) is 6.92 Å². The third-order valence-corrected chi connectivity index (χ3v) is 4.61. The molecule has 4 rings (SSSR count). The predicted octanol–water partition coefficient (Wildman–Crippen LogP) is 6.39. The van der Waals surface area contributed by atoms with E-state index in [1.807, 2.05) is 31.2 Å². The Morgan fingerprint density at radius 2 is 0.900 bits per heavy atom. The monoisotopic (exact) mass is 395 g/mol. The van der Waals surface area contributed by atoms with E-state index in [2.05, 4.69) is 0 Å².